The Morgan fingerprint density at radius 3 is 2.04 bits per heavy atom. The Morgan fingerprint density at radius 2 is 1.46 bits per heavy atom. The Hall–Kier alpha value is -3.07. The lowest BCUT2D eigenvalue weighted by Gasteiger charge is -2.18. The van der Waals surface area contributed by atoms with E-state index in [2.05, 4.69) is 5.32 Å². The molecule has 24 heavy (non-hydrogen) atoms. The van der Waals surface area contributed by atoms with E-state index in [9.17, 15) is 9.90 Å². The van der Waals surface area contributed by atoms with E-state index in [-0.39, 0.29) is 5.56 Å². The highest BCUT2D eigenvalue weighted by Crippen LogP contribution is 2.34. The second-order valence-corrected chi connectivity index (χ2v) is 5.76. The second kappa shape index (κ2) is 6.59. The summed E-state index contributed by atoms with van der Waals surface area (Å²) in [7, 11) is 0. The molecular weight excluding hydrogens is 298 g/mol. The molecule has 0 atom stereocenters. The van der Waals surface area contributed by atoms with Gasteiger partial charge in [0.05, 0.1) is 11.3 Å². The molecule has 0 spiro atoms. The highest BCUT2D eigenvalue weighted by molar-refractivity contribution is 5.98. The van der Waals surface area contributed by atoms with E-state index in [1.54, 1.807) is 6.07 Å². The van der Waals surface area contributed by atoms with Crippen LogP contribution in [0.2, 0.25) is 0 Å². The van der Waals surface area contributed by atoms with Crippen molar-refractivity contribution in [2.45, 2.75) is 13.8 Å². The van der Waals surface area contributed by atoms with Crippen molar-refractivity contribution in [2.24, 2.45) is 0 Å². The van der Waals surface area contributed by atoms with Gasteiger partial charge in [0.1, 0.15) is 0 Å². The summed E-state index contributed by atoms with van der Waals surface area (Å²) in [6.07, 6.45) is 0. The van der Waals surface area contributed by atoms with E-state index in [0.29, 0.717) is 5.69 Å². The first-order chi connectivity index (χ1) is 11.6. The monoisotopic (exact) mass is 317 g/mol. The van der Waals surface area contributed by atoms with Crippen LogP contribution in [0.25, 0.3) is 11.1 Å². The number of aromatic carboxylic acids is 1. The fourth-order valence-corrected chi connectivity index (χ4v) is 2.83. The number of rotatable bonds is 4. The molecule has 2 N–H and O–H groups in total. The summed E-state index contributed by atoms with van der Waals surface area (Å²) in [6, 6.07) is 21.2. The zero-order valence-corrected chi connectivity index (χ0v) is 13.7. The molecule has 0 aliphatic heterocycles. The zero-order valence-electron chi connectivity index (χ0n) is 13.7. The van der Waals surface area contributed by atoms with Gasteiger partial charge < -0.3 is 10.4 Å². The van der Waals surface area contributed by atoms with Crippen LogP contribution in [0.4, 0.5) is 11.4 Å². The molecule has 3 aromatic carbocycles. The summed E-state index contributed by atoms with van der Waals surface area (Å²) >= 11 is 0. The van der Waals surface area contributed by atoms with Crippen molar-refractivity contribution in [1.82, 2.24) is 0 Å². The zero-order chi connectivity index (χ0) is 17.1. The van der Waals surface area contributed by atoms with E-state index >= 15 is 0 Å². The lowest BCUT2D eigenvalue weighted by molar-refractivity contribution is 0.0698. The highest BCUT2D eigenvalue weighted by atomic mass is 16.4. The number of hydrogen-bond donors (Lipinski definition) is 2. The summed E-state index contributed by atoms with van der Waals surface area (Å²) in [6.45, 7) is 3.99. The first-order valence-corrected chi connectivity index (χ1v) is 7.83. The molecule has 3 rings (SSSR count). The van der Waals surface area contributed by atoms with Gasteiger partial charge in [0.15, 0.2) is 0 Å². The van der Waals surface area contributed by atoms with Gasteiger partial charge in [-0.3, -0.25) is 0 Å². The number of hydrogen-bond acceptors (Lipinski definition) is 2. The number of anilines is 2. The van der Waals surface area contributed by atoms with Crippen LogP contribution in [0.1, 0.15) is 21.5 Å². The van der Waals surface area contributed by atoms with E-state index < -0.39 is 5.97 Å². The Balaban J connectivity index is 2.16. The minimum atomic E-state index is -0.936. The Morgan fingerprint density at radius 1 is 0.875 bits per heavy atom. The number of carboxylic acids is 1. The lowest BCUT2D eigenvalue weighted by atomic mass is 9.92. The van der Waals surface area contributed by atoms with Gasteiger partial charge in [-0.15, -0.1) is 0 Å². The molecule has 0 fully saturated rings. The summed E-state index contributed by atoms with van der Waals surface area (Å²) in [4.78, 5) is 11.8. The summed E-state index contributed by atoms with van der Waals surface area (Å²) in [5, 5.41) is 13.0. The van der Waals surface area contributed by atoms with Crippen LogP contribution in [0.5, 0.6) is 0 Å². The van der Waals surface area contributed by atoms with Crippen LogP contribution < -0.4 is 5.32 Å². The molecule has 3 aromatic rings. The Bertz CT molecular complexity index is 871. The minimum Gasteiger partial charge on any atom is -0.478 e. The number of nitrogens with one attached hydrogen (secondary N) is 1. The molecule has 0 bridgehead atoms. The normalized spacial score (nSPS) is 10.4. The summed E-state index contributed by atoms with van der Waals surface area (Å²) < 4.78 is 0. The van der Waals surface area contributed by atoms with Crippen molar-refractivity contribution < 1.29 is 9.90 Å². The summed E-state index contributed by atoms with van der Waals surface area (Å²) in [5.41, 5.74) is 5.78. The van der Waals surface area contributed by atoms with Crippen LogP contribution in [-0.2, 0) is 0 Å². The molecule has 3 heteroatoms. The predicted molar refractivity (Wildman–Crippen MR) is 98.0 cm³/mol. The number of carbonyl (C=O) groups is 1. The van der Waals surface area contributed by atoms with E-state index in [1.165, 1.54) is 0 Å². The standard InChI is InChI=1S/C21H19NO2/c1-14-15(2)20(22-17-11-7-4-8-12-17)19(21(23)24)13-18(14)16-9-5-3-6-10-16/h3-13,22H,1-2H3,(H,23,24). The molecule has 0 aliphatic rings. The molecule has 0 saturated carbocycles. The maximum absolute atomic E-state index is 11.8. The van der Waals surface area contributed by atoms with Crippen molar-refractivity contribution >= 4 is 17.3 Å². The van der Waals surface area contributed by atoms with Crippen molar-refractivity contribution in [3.05, 3.63) is 83.4 Å². The first kappa shape index (κ1) is 15.8. The van der Waals surface area contributed by atoms with Gasteiger partial charge in [0.2, 0.25) is 0 Å². The molecule has 120 valence electrons. The predicted octanol–water partition coefficient (Wildman–Crippen LogP) is 5.41. The number of benzene rings is 3. The van der Waals surface area contributed by atoms with Crippen LogP contribution in [0.3, 0.4) is 0 Å². The average molecular weight is 317 g/mol. The van der Waals surface area contributed by atoms with Gasteiger partial charge in [0.25, 0.3) is 0 Å². The molecule has 0 heterocycles. The third-order valence-corrected chi connectivity index (χ3v) is 4.26. The molecule has 0 radical (unpaired) electrons. The van der Waals surface area contributed by atoms with Crippen molar-refractivity contribution in [1.29, 1.82) is 0 Å². The fourth-order valence-electron chi connectivity index (χ4n) is 2.83. The number of para-hydroxylation sites is 1. The quantitative estimate of drug-likeness (QED) is 0.676. The molecule has 0 aliphatic carbocycles. The second-order valence-electron chi connectivity index (χ2n) is 5.76. The molecule has 0 aromatic heterocycles. The van der Waals surface area contributed by atoms with Crippen LogP contribution in [0, 0.1) is 13.8 Å². The molecule has 0 unspecified atom stereocenters. The smallest absolute Gasteiger partial charge is 0.337 e. The molecule has 0 amide bonds. The third-order valence-electron chi connectivity index (χ3n) is 4.26. The topological polar surface area (TPSA) is 49.3 Å². The van der Waals surface area contributed by atoms with Crippen molar-refractivity contribution in [2.75, 3.05) is 5.32 Å². The largest absolute Gasteiger partial charge is 0.478 e. The van der Waals surface area contributed by atoms with Crippen LogP contribution >= 0.6 is 0 Å². The SMILES string of the molecule is Cc1c(-c2ccccc2)cc(C(=O)O)c(Nc2ccccc2)c1C. The molecule has 0 saturated heterocycles. The Kier molecular flexibility index (Phi) is 4.34. The van der Waals surface area contributed by atoms with Crippen LogP contribution in [0.15, 0.2) is 66.7 Å². The van der Waals surface area contributed by atoms with Gasteiger partial charge in [-0.25, -0.2) is 4.79 Å². The van der Waals surface area contributed by atoms with Gasteiger partial charge in [-0.1, -0.05) is 48.5 Å². The molecular formula is C21H19NO2. The fraction of sp³-hybridized carbons (Fsp3) is 0.0952. The van der Waals surface area contributed by atoms with Gasteiger partial charge >= 0.3 is 5.97 Å². The maximum Gasteiger partial charge on any atom is 0.337 e. The van der Waals surface area contributed by atoms with E-state index in [4.69, 9.17) is 0 Å². The summed E-state index contributed by atoms with van der Waals surface area (Å²) in [5.74, 6) is -0.936. The first-order valence-electron chi connectivity index (χ1n) is 7.83. The third kappa shape index (κ3) is 3.01. The van der Waals surface area contributed by atoms with Crippen molar-refractivity contribution in [3.8, 4) is 11.1 Å². The Labute approximate surface area is 141 Å². The van der Waals surface area contributed by atoms with Crippen LogP contribution in [-0.4, -0.2) is 11.1 Å². The number of carboxylic acid groups (broad SMARTS) is 1. The molecule has 3 nitrogen and oxygen atoms in total. The van der Waals surface area contributed by atoms with E-state index in [0.717, 1.165) is 27.9 Å². The van der Waals surface area contributed by atoms with Gasteiger partial charge in [-0.05, 0) is 54.3 Å². The maximum atomic E-state index is 11.8. The lowest BCUT2D eigenvalue weighted by Crippen LogP contribution is -2.07. The van der Waals surface area contributed by atoms with E-state index in [1.807, 2.05) is 74.5 Å². The van der Waals surface area contributed by atoms with Crippen molar-refractivity contribution in [3.63, 3.8) is 0 Å². The van der Waals surface area contributed by atoms with Gasteiger partial charge in [0, 0.05) is 5.69 Å². The average Bonchev–Trinajstić information content (AvgIpc) is 2.60. The highest BCUT2D eigenvalue weighted by Gasteiger charge is 2.18. The minimum absolute atomic E-state index is 0.279. The van der Waals surface area contributed by atoms with Gasteiger partial charge in [-0.2, -0.15) is 0 Å².